The molecule has 100 valence electrons. The highest BCUT2D eigenvalue weighted by Gasteiger charge is 2.35. The van der Waals surface area contributed by atoms with Gasteiger partial charge in [-0.05, 0) is 37.1 Å². The summed E-state index contributed by atoms with van der Waals surface area (Å²) >= 11 is 3.34. The van der Waals surface area contributed by atoms with Gasteiger partial charge in [0, 0.05) is 23.4 Å². The van der Waals surface area contributed by atoms with Gasteiger partial charge in [0.15, 0.2) is 0 Å². The highest BCUT2D eigenvalue weighted by atomic mass is 79.9. The lowest BCUT2D eigenvalue weighted by molar-refractivity contribution is -0.124. The van der Waals surface area contributed by atoms with Gasteiger partial charge in [-0.25, -0.2) is 0 Å². The maximum absolute atomic E-state index is 12.1. The minimum atomic E-state index is -0.800. The first-order valence-electron chi connectivity index (χ1n) is 5.54. The van der Waals surface area contributed by atoms with Crippen LogP contribution in [0.15, 0.2) is 28.7 Å². The first kappa shape index (κ1) is 15.4. The standard InChI is InChI=1S/C12H15BrN2O2.ClH/c13-9-1-3-10(4-2-9)15-11(16)12(14)5-7-17-8-6-12;/h1-4H,5-8,14H2,(H,15,16);1H. The van der Waals surface area contributed by atoms with Crippen molar-refractivity contribution in [2.24, 2.45) is 5.73 Å². The topological polar surface area (TPSA) is 64.4 Å². The van der Waals surface area contributed by atoms with E-state index in [1.165, 1.54) is 0 Å². The Labute approximate surface area is 121 Å². The molecule has 1 fully saturated rings. The van der Waals surface area contributed by atoms with Gasteiger partial charge in [0.05, 0.1) is 0 Å². The Bertz CT molecular complexity index is 405. The van der Waals surface area contributed by atoms with Gasteiger partial charge in [0.1, 0.15) is 5.54 Å². The average molecular weight is 336 g/mol. The SMILES string of the molecule is Cl.NC1(C(=O)Nc2ccc(Br)cc2)CCOCC1. The molecule has 1 aliphatic heterocycles. The maximum Gasteiger partial charge on any atom is 0.244 e. The summed E-state index contributed by atoms with van der Waals surface area (Å²) < 4.78 is 6.19. The van der Waals surface area contributed by atoms with E-state index in [2.05, 4.69) is 21.2 Å². The van der Waals surface area contributed by atoms with E-state index in [1.54, 1.807) is 0 Å². The number of carbonyl (C=O) groups excluding carboxylic acids is 1. The predicted octanol–water partition coefficient (Wildman–Crippen LogP) is 2.32. The van der Waals surface area contributed by atoms with Gasteiger partial charge in [-0.1, -0.05) is 15.9 Å². The lowest BCUT2D eigenvalue weighted by Gasteiger charge is -2.31. The molecule has 0 unspecified atom stereocenters. The molecule has 1 saturated heterocycles. The van der Waals surface area contributed by atoms with Crippen molar-refractivity contribution in [3.05, 3.63) is 28.7 Å². The van der Waals surface area contributed by atoms with Gasteiger partial charge in [-0.15, -0.1) is 12.4 Å². The number of hydrogen-bond donors (Lipinski definition) is 2. The number of nitrogens with two attached hydrogens (primary N) is 1. The number of amides is 1. The van der Waals surface area contributed by atoms with Crippen molar-refractivity contribution in [3.8, 4) is 0 Å². The second kappa shape index (κ2) is 6.52. The molecule has 6 heteroatoms. The summed E-state index contributed by atoms with van der Waals surface area (Å²) in [6, 6.07) is 7.43. The minimum absolute atomic E-state index is 0. The molecule has 0 spiro atoms. The molecule has 0 bridgehead atoms. The van der Waals surface area contributed by atoms with Gasteiger partial charge in [-0.3, -0.25) is 4.79 Å². The quantitative estimate of drug-likeness (QED) is 0.872. The van der Waals surface area contributed by atoms with Gasteiger partial charge in [0.25, 0.3) is 0 Å². The number of carbonyl (C=O) groups is 1. The van der Waals surface area contributed by atoms with Crippen LogP contribution < -0.4 is 11.1 Å². The summed E-state index contributed by atoms with van der Waals surface area (Å²) in [6.45, 7) is 1.09. The number of rotatable bonds is 2. The van der Waals surface area contributed by atoms with E-state index in [0.29, 0.717) is 26.1 Å². The van der Waals surface area contributed by atoms with Gasteiger partial charge in [-0.2, -0.15) is 0 Å². The maximum atomic E-state index is 12.1. The third-order valence-electron chi connectivity index (χ3n) is 2.94. The Morgan fingerprint density at radius 1 is 1.28 bits per heavy atom. The Hall–Kier alpha value is -0.620. The van der Waals surface area contributed by atoms with Crippen molar-refractivity contribution < 1.29 is 9.53 Å². The second-order valence-electron chi connectivity index (χ2n) is 4.23. The van der Waals surface area contributed by atoms with Crippen molar-refractivity contribution in [2.45, 2.75) is 18.4 Å². The average Bonchev–Trinajstić information content (AvgIpc) is 2.33. The highest BCUT2D eigenvalue weighted by molar-refractivity contribution is 9.10. The number of nitrogens with one attached hydrogen (secondary N) is 1. The Morgan fingerprint density at radius 3 is 2.39 bits per heavy atom. The third kappa shape index (κ3) is 3.68. The van der Waals surface area contributed by atoms with Crippen molar-refractivity contribution in [2.75, 3.05) is 18.5 Å². The van der Waals surface area contributed by atoms with E-state index in [0.717, 1.165) is 10.2 Å². The number of halogens is 2. The fourth-order valence-electron chi connectivity index (χ4n) is 1.75. The molecule has 0 aliphatic carbocycles. The molecule has 0 aromatic heterocycles. The fourth-order valence-corrected chi connectivity index (χ4v) is 2.02. The van der Waals surface area contributed by atoms with Crippen molar-refractivity contribution in [3.63, 3.8) is 0 Å². The highest BCUT2D eigenvalue weighted by Crippen LogP contribution is 2.21. The van der Waals surface area contributed by atoms with Crippen LogP contribution in [0.5, 0.6) is 0 Å². The Balaban J connectivity index is 0.00000162. The predicted molar refractivity (Wildman–Crippen MR) is 77.0 cm³/mol. The van der Waals surface area contributed by atoms with Crippen molar-refractivity contribution in [1.29, 1.82) is 0 Å². The molecular weight excluding hydrogens is 320 g/mol. The zero-order valence-corrected chi connectivity index (χ0v) is 12.2. The van der Waals surface area contributed by atoms with E-state index in [9.17, 15) is 4.79 Å². The minimum Gasteiger partial charge on any atom is -0.381 e. The summed E-state index contributed by atoms with van der Waals surface area (Å²) in [4.78, 5) is 12.1. The van der Waals surface area contributed by atoms with Gasteiger partial charge >= 0.3 is 0 Å². The van der Waals surface area contributed by atoms with Crippen LogP contribution in [-0.2, 0) is 9.53 Å². The summed E-state index contributed by atoms with van der Waals surface area (Å²) in [6.07, 6.45) is 1.13. The van der Waals surface area contributed by atoms with Crippen LogP contribution in [0, 0.1) is 0 Å². The van der Waals surface area contributed by atoms with Crippen molar-refractivity contribution in [1.82, 2.24) is 0 Å². The van der Waals surface area contributed by atoms with E-state index >= 15 is 0 Å². The normalized spacial score (nSPS) is 17.7. The smallest absolute Gasteiger partial charge is 0.244 e. The Kier molecular flexibility index (Phi) is 5.59. The molecule has 18 heavy (non-hydrogen) atoms. The number of anilines is 1. The summed E-state index contributed by atoms with van der Waals surface area (Å²) in [5.41, 5.74) is 6.04. The molecule has 0 atom stereocenters. The van der Waals surface area contributed by atoms with Crippen molar-refractivity contribution >= 4 is 39.9 Å². The molecule has 4 nitrogen and oxygen atoms in total. The zero-order chi connectivity index (χ0) is 12.3. The molecule has 0 saturated carbocycles. The van der Waals surface area contributed by atoms with Crippen LogP contribution in [0.4, 0.5) is 5.69 Å². The van der Waals surface area contributed by atoms with E-state index in [1.807, 2.05) is 24.3 Å². The third-order valence-corrected chi connectivity index (χ3v) is 3.47. The molecule has 1 aromatic rings. The summed E-state index contributed by atoms with van der Waals surface area (Å²) in [7, 11) is 0. The fraction of sp³-hybridized carbons (Fsp3) is 0.417. The molecule has 3 N–H and O–H groups in total. The summed E-state index contributed by atoms with van der Waals surface area (Å²) in [5, 5.41) is 2.84. The molecule has 2 rings (SSSR count). The summed E-state index contributed by atoms with van der Waals surface area (Å²) in [5.74, 6) is -0.136. The first-order valence-corrected chi connectivity index (χ1v) is 6.33. The van der Waals surface area contributed by atoms with Gasteiger partial charge < -0.3 is 15.8 Å². The molecule has 1 aliphatic rings. The number of ether oxygens (including phenoxy) is 1. The monoisotopic (exact) mass is 334 g/mol. The Morgan fingerprint density at radius 2 is 1.83 bits per heavy atom. The lowest BCUT2D eigenvalue weighted by Crippen LogP contribution is -2.54. The lowest BCUT2D eigenvalue weighted by atomic mass is 9.90. The van der Waals surface area contributed by atoms with Crippen LogP contribution in [0.3, 0.4) is 0 Å². The van der Waals surface area contributed by atoms with E-state index in [4.69, 9.17) is 10.5 Å². The molecular formula is C12H16BrClN2O2. The van der Waals surface area contributed by atoms with E-state index < -0.39 is 5.54 Å². The van der Waals surface area contributed by atoms with Crippen LogP contribution in [0.2, 0.25) is 0 Å². The number of hydrogen-bond acceptors (Lipinski definition) is 3. The van der Waals surface area contributed by atoms with E-state index in [-0.39, 0.29) is 18.3 Å². The van der Waals surface area contributed by atoms with Gasteiger partial charge in [0.2, 0.25) is 5.91 Å². The zero-order valence-electron chi connectivity index (χ0n) is 9.82. The first-order chi connectivity index (χ1) is 8.10. The largest absolute Gasteiger partial charge is 0.381 e. The van der Waals surface area contributed by atoms with Crippen LogP contribution in [0.25, 0.3) is 0 Å². The molecule has 1 heterocycles. The number of benzene rings is 1. The second-order valence-corrected chi connectivity index (χ2v) is 5.15. The molecule has 0 radical (unpaired) electrons. The van der Waals surface area contributed by atoms with Crippen LogP contribution in [0.1, 0.15) is 12.8 Å². The van der Waals surface area contributed by atoms with Crippen LogP contribution in [-0.4, -0.2) is 24.7 Å². The molecule has 1 amide bonds. The molecule has 1 aromatic carbocycles. The van der Waals surface area contributed by atoms with Crippen LogP contribution >= 0.6 is 28.3 Å².